The third kappa shape index (κ3) is 5.25. The predicted molar refractivity (Wildman–Crippen MR) is 110 cm³/mol. The zero-order valence-corrected chi connectivity index (χ0v) is 16.0. The van der Waals surface area contributed by atoms with Crippen molar-refractivity contribution in [3.8, 4) is 5.75 Å². The molecule has 0 aliphatic heterocycles. The number of hydrogen-bond acceptors (Lipinski definition) is 4. The third-order valence-corrected chi connectivity index (χ3v) is 4.55. The summed E-state index contributed by atoms with van der Waals surface area (Å²) >= 11 is 0. The lowest BCUT2D eigenvalue weighted by Gasteiger charge is -2.30. The van der Waals surface area contributed by atoms with Crippen molar-refractivity contribution in [3.63, 3.8) is 0 Å². The van der Waals surface area contributed by atoms with E-state index in [4.69, 9.17) is 4.74 Å². The number of nitrogens with zero attached hydrogens (tertiary/aromatic N) is 3. The van der Waals surface area contributed by atoms with Gasteiger partial charge in [-0.15, -0.1) is 0 Å². The first kappa shape index (κ1) is 18.8. The van der Waals surface area contributed by atoms with Gasteiger partial charge in [0.15, 0.2) is 0 Å². The van der Waals surface area contributed by atoms with Crippen LogP contribution in [0.5, 0.6) is 5.75 Å². The fourth-order valence-corrected chi connectivity index (χ4v) is 2.76. The molecular weight excluding hydrogens is 334 g/mol. The molecule has 0 spiro atoms. The van der Waals surface area contributed by atoms with Gasteiger partial charge in [0.1, 0.15) is 11.9 Å². The van der Waals surface area contributed by atoms with Crippen molar-refractivity contribution in [2.75, 3.05) is 14.1 Å². The van der Waals surface area contributed by atoms with Crippen LogP contribution in [0.4, 0.5) is 0 Å². The van der Waals surface area contributed by atoms with Gasteiger partial charge in [0.05, 0.1) is 6.20 Å². The molecule has 0 bridgehead atoms. The Bertz CT molecular complexity index is 863. The highest BCUT2D eigenvalue weighted by molar-refractivity contribution is 5.69. The smallest absolute Gasteiger partial charge is 0.139 e. The highest BCUT2D eigenvalue weighted by Gasteiger charge is 2.23. The molecule has 0 unspecified atom stereocenters. The number of pyridine rings is 2. The second-order valence-electron chi connectivity index (χ2n) is 6.72. The van der Waals surface area contributed by atoms with Gasteiger partial charge in [0, 0.05) is 24.6 Å². The second-order valence-corrected chi connectivity index (χ2v) is 6.72. The van der Waals surface area contributed by atoms with E-state index >= 15 is 0 Å². The highest BCUT2D eigenvalue weighted by Crippen LogP contribution is 2.27. The van der Waals surface area contributed by atoms with Gasteiger partial charge in [0.2, 0.25) is 0 Å². The van der Waals surface area contributed by atoms with Gasteiger partial charge >= 0.3 is 0 Å². The highest BCUT2D eigenvalue weighted by atomic mass is 16.5. The van der Waals surface area contributed by atoms with Gasteiger partial charge < -0.3 is 9.64 Å². The molecule has 2 aromatic heterocycles. The minimum Gasteiger partial charge on any atom is -0.482 e. The Morgan fingerprint density at radius 1 is 0.889 bits per heavy atom. The lowest BCUT2D eigenvalue weighted by molar-refractivity contribution is 0.107. The standard InChI is InChI=1S/C23H25N3O/c1-18(26(2)3)23(21-7-5-4-6-8-21)27-22-15-20(16-25-17-22)10-9-19-11-13-24-14-12-19/h4-18,23H,1-3H3/t18-,23+/m0/s1. The molecule has 0 fully saturated rings. The van der Waals surface area contributed by atoms with Crippen LogP contribution in [0.25, 0.3) is 12.2 Å². The number of benzene rings is 1. The number of rotatable bonds is 7. The number of hydrogen-bond donors (Lipinski definition) is 0. The maximum absolute atomic E-state index is 6.37. The number of aromatic nitrogens is 2. The Morgan fingerprint density at radius 2 is 1.59 bits per heavy atom. The number of ether oxygens (including phenoxy) is 1. The van der Waals surface area contributed by atoms with Crippen LogP contribution in [-0.2, 0) is 0 Å². The van der Waals surface area contributed by atoms with Gasteiger partial charge in [-0.2, -0.15) is 0 Å². The molecule has 0 radical (unpaired) electrons. The molecular formula is C23H25N3O. The van der Waals surface area contributed by atoms with E-state index in [0.717, 1.165) is 22.4 Å². The summed E-state index contributed by atoms with van der Waals surface area (Å²) < 4.78 is 6.37. The van der Waals surface area contributed by atoms with E-state index in [0.29, 0.717) is 0 Å². The molecule has 0 aliphatic rings. The predicted octanol–water partition coefficient (Wildman–Crippen LogP) is 4.72. The van der Waals surface area contributed by atoms with Crippen LogP contribution in [0.3, 0.4) is 0 Å². The van der Waals surface area contributed by atoms with E-state index in [9.17, 15) is 0 Å². The molecule has 2 heterocycles. The van der Waals surface area contributed by atoms with Gasteiger partial charge in [-0.3, -0.25) is 9.97 Å². The molecule has 3 aromatic rings. The Morgan fingerprint density at radius 3 is 2.30 bits per heavy atom. The normalized spacial score (nSPS) is 13.6. The largest absolute Gasteiger partial charge is 0.482 e. The van der Waals surface area contributed by atoms with Crippen molar-refractivity contribution in [1.82, 2.24) is 14.9 Å². The molecule has 0 aliphatic carbocycles. The van der Waals surface area contributed by atoms with E-state index < -0.39 is 0 Å². The van der Waals surface area contributed by atoms with E-state index in [-0.39, 0.29) is 12.1 Å². The van der Waals surface area contributed by atoms with Crippen LogP contribution in [0.15, 0.2) is 73.3 Å². The summed E-state index contributed by atoms with van der Waals surface area (Å²) in [6.45, 7) is 2.16. The Labute approximate surface area is 161 Å². The minimum absolute atomic E-state index is 0.0811. The summed E-state index contributed by atoms with van der Waals surface area (Å²) in [4.78, 5) is 10.5. The molecule has 0 saturated heterocycles. The third-order valence-electron chi connectivity index (χ3n) is 4.55. The van der Waals surface area contributed by atoms with Crippen LogP contribution in [-0.4, -0.2) is 35.0 Å². The summed E-state index contributed by atoms with van der Waals surface area (Å²) in [5, 5.41) is 0. The maximum atomic E-state index is 6.37. The van der Waals surface area contributed by atoms with E-state index in [1.807, 2.05) is 54.7 Å². The van der Waals surface area contributed by atoms with Crippen LogP contribution >= 0.6 is 0 Å². The molecule has 3 rings (SSSR count). The molecule has 1 aromatic carbocycles. The van der Waals surface area contributed by atoms with Crippen molar-refractivity contribution in [1.29, 1.82) is 0 Å². The minimum atomic E-state index is -0.0811. The average Bonchev–Trinajstić information content (AvgIpc) is 2.71. The summed E-state index contributed by atoms with van der Waals surface area (Å²) in [7, 11) is 4.13. The van der Waals surface area contributed by atoms with Crippen LogP contribution < -0.4 is 4.74 Å². The van der Waals surface area contributed by atoms with E-state index in [1.165, 1.54) is 0 Å². The summed E-state index contributed by atoms with van der Waals surface area (Å²) in [5.41, 5.74) is 3.24. The van der Waals surface area contributed by atoms with E-state index in [1.54, 1.807) is 18.6 Å². The maximum Gasteiger partial charge on any atom is 0.139 e. The zero-order valence-electron chi connectivity index (χ0n) is 16.0. The fourth-order valence-electron chi connectivity index (χ4n) is 2.76. The molecule has 4 heteroatoms. The van der Waals surface area contributed by atoms with Crippen LogP contribution in [0.1, 0.15) is 29.7 Å². The van der Waals surface area contributed by atoms with Crippen LogP contribution in [0, 0.1) is 0 Å². The van der Waals surface area contributed by atoms with Gasteiger partial charge in [-0.1, -0.05) is 42.5 Å². The lowest BCUT2D eigenvalue weighted by atomic mass is 10.0. The SMILES string of the molecule is C[C@@H]([C@@H](Oc1cncc(C=Cc2ccncc2)c1)c1ccccc1)N(C)C. The van der Waals surface area contributed by atoms with Crippen molar-refractivity contribution >= 4 is 12.2 Å². The topological polar surface area (TPSA) is 38.3 Å². The lowest BCUT2D eigenvalue weighted by Crippen LogP contribution is -2.34. The molecule has 138 valence electrons. The monoisotopic (exact) mass is 359 g/mol. The molecule has 2 atom stereocenters. The Kier molecular flexibility index (Phi) is 6.34. The number of likely N-dealkylation sites (N-methyl/N-ethyl adjacent to an activating group) is 1. The molecule has 4 nitrogen and oxygen atoms in total. The van der Waals surface area contributed by atoms with Crippen molar-refractivity contribution in [3.05, 3.63) is 90.0 Å². The summed E-state index contributed by atoms with van der Waals surface area (Å²) in [6, 6.07) is 16.5. The Hall–Kier alpha value is -2.98. The molecule has 0 N–H and O–H groups in total. The fraction of sp³-hybridized carbons (Fsp3) is 0.217. The van der Waals surface area contributed by atoms with Crippen molar-refractivity contribution in [2.24, 2.45) is 0 Å². The van der Waals surface area contributed by atoms with Gasteiger partial charge in [0.25, 0.3) is 0 Å². The molecule has 0 amide bonds. The first-order valence-electron chi connectivity index (χ1n) is 9.04. The van der Waals surface area contributed by atoms with E-state index in [2.05, 4.69) is 48.0 Å². The molecule has 27 heavy (non-hydrogen) atoms. The first-order valence-corrected chi connectivity index (χ1v) is 9.04. The second kappa shape index (κ2) is 9.10. The summed E-state index contributed by atoms with van der Waals surface area (Å²) in [6.07, 6.45) is 11.2. The first-order chi connectivity index (χ1) is 13.1. The summed E-state index contributed by atoms with van der Waals surface area (Å²) in [5.74, 6) is 0.759. The quantitative estimate of drug-likeness (QED) is 0.612. The molecule has 0 saturated carbocycles. The van der Waals surface area contributed by atoms with Gasteiger partial charge in [-0.05, 0) is 55.9 Å². The van der Waals surface area contributed by atoms with Crippen LogP contribution in [0.2, 0.25) is 0 Å². The van der Waals surface area contributed by atoms with Gasteiger partial charge in [-0.25, -0.2) is 0 Å². The zero-order chi connectivity index (χ0) is 19.1. The van der Waals surface area contributed by atoms with Crippen molar-refractivity contribution in [2.45, 2.75) is 19.1 Å². The Balaban J connectivity index is 1.81. The van der Waals surface area contributed by atoms with Crippen molar-refractivity contribution < 1.29 is 4.74 Å². The average molecular weight is 359 g/mol.